The first-order valence-corrected chi connectivity index (χ1v) is 10.5. The Kier molecular flexibility index (Phi) is 8.29. The van der Waals surface area contributed by atoms with Gasteiger partial charge in [-0.2, -0.15) is 0 Å². The Morgan fingerprint density at radius 2 is 1.83 bits per heavy atom. The average Bonchev–Trinajstić information content (AvgIpc) is 2.74. The summed E-state index contributed by atoms with van der Waals surface area (Å²) < 4.78 is 12.4. The van der Waals surface area contributed by atoms with Crippen LogP contribution in [-0.4, -0.2) is 17.7 Å². The highest BCUT2D eigenvalue weighted by atomic mass is 35.5. The lowest BCUT2D eigenvalue weighted by atomic mass is 9.92. The summed E-state index contributed by atoms with van der Waals surface area (Å²) in [6.07, 6.45) is 7.28. The smallest absolute Gasteiger partial charge is 0.303 e. The molecule has 4 nitrogen and oxygen atoms in total. The molecule has 0 bridgehead atoms. The van der Waals surface area contributed by atoms with Crippen molar-refractivity contribution in [2.45, 2.75) is 44.5 Å². The Labute approximate surface area is 177 Å². The minimum absolute atomic E-state index is 0.0807. The third-order valence-corrected chi connectivity index (χ3v) is 5.41. The van der Waals surface area contributed by atoms with Crippen LogP contribution in [0.4, 0.5) is 0 Å². The number of rotatable bonds is 9. The van der Waals surface area contributed by atoms with E-state index in [1.54, 1.807) is 0 Å². The lowest BCUT2D eigenvalue weighted by molar-refractivity contribution is -0.243. The van der Waals surface area contributed by atoms with Gasteiger partial charge < -0.3 is 14.6 Å². The Morgan fingerprint density at radius 3 is 2.59 bits per heavy atom. The highest BCUT2D eigenvalue weighted by Crippen LogP contribution is 2.41. The molecule has 0 aliphatic carbocycles. The van der Waals surface area contributed by atoms with Crippen LogP contribution in [-0.2, 0) is 14.3 Å². The molecule has 3 atom stereocenters. The highest BCUT2D eigenvalue weighted by molar-refractivity contribution is 6.31. The normalized spacial score (nSPS) is 22.0. The van der Waals surface area contributed by atoms with E-state index in [-0.39, 0.29) is 18.4 Å². The van der Waals surface area contributed by atoms with Crippen LogP contribution < -0.4 is 0 Å². The number of carboxylic acids is 1. The maximum atomic E-state index is 10.6. The van der Waals surface area contributed by atoms with Crippen molar-refractivity contribution in [2.75, 3.05) is 6.61 Å². The lowest BCUT2D eigenvalue weighted by Crippen LogP contribution is -2.30. The second-order valence-corrected chi connectivity index (χ2v) is 7.67. The molecule has 1 saturated heterocycles. The number of halogens is 1. The van der Waals surface area contributed by atoms with Gasteiger partial charge in [-0.15, -0.1) is 0 Å². The number of aliphatic carboxylic acids is 1. The van der Waals surface area contributed by atoms with Gasteiger partial charge in [0.25, 0.3) is 0 Å². The summed E-state index contributed by atoms with van der Waals surface area (Å²) in [6.45, 7) is 0.582. The quantitative estimate of drug-likeness (QED) is 0.384. The number of carboxylic acid groups (broad SMARTS) is 1. The van der Waals surface area contributed by atoms with Crippen molar-refractivity contribution >= 4 is 17.6 Å². The molecule has 2 aromatic rings. The molecule has 1 heterocycles. The van der Waals surface area contributed by atoms with Gasteiger partial charge >= 0.3 is 5.97 Å². The summed E-state index contributed by atoms with van der Waals surface area (Å²) in [7, 11) is 0. The number of ether oxygens (including phenoxy) is 2. The molecule has 1 fully saturated rings. The van der Waals surface area contributed by atoms with Crippen molar-refractivity contribution < 1.29 is 19.4 Å². The number of hydrogen-bond acceptors (Lipinski definition) is 3. The Hall–Kier alpha value is -2.14. The van der Waals surface area contributed by atoms with Gasteiger partial charge in [-0.3, -0.25) is 4.79 Å². The zero-order chi connectivity index (χ0) is 20.5. The second kappa shape index (κ2) is 11.1. The summed E-state index contributed by atoms with van der Waals surface area (Å²) >= 11 is 6.34. The van der Waals surface area contributed by atoms with E-state index in [2.05, 4.69) is 24.3 Å². The molecule has 0 spiro atoms. The van der Waals surface area contributed by atoms with E-state index in [0.29, 0.717) is 18.1 Å². The van der Waals surface area contributed by atoms with Crippen molar-refractivity contribution in [1.82, 2.24) is 0 Å². The van der Waals surface area contributed by atoms with Gasteiger partial charge in [-0.1, -0.05) is 72.3 Å². The molecule has 0 saturated carbocycles. The van der Waals surface area contributed by atoms with E-state index in [9.17, 15) is 4.79 Å². The first-order valence-electron chi connectivity index (χ1n) is 10.1. The number of unbranched alkanes of at least 4 members (excludes halogenated alkanes) is 2. The predicted molar refractivity (Wildman–Crippen MR) is 114 cm³/mol. The zero-order valence-electron chi connectivity index (χ0n) is 16.4. The van der Waals surface area contributed by atoms with Gasteiger partial charge in [0, 0.05) is 22.9 Å². The van der Waals surface area contributed by atoms with Crippen LogP contribution in [0.25, 0.3) is 0 Å². The van der Waals surface area contributed by atoms with Crippen LogP contribution >= 0.6 is 11.6 Å². The van der Waals surface area contributed by atoms with E-state index < -0.39 is 12.3 Å². The summed E-state index contributed by atoms with van der Waals surface area (Å²) in [5.74, 6) is -0.532. The summed E-state index contributed by atoms with van der Waals surface area (Å²) in [6, 6.07) is 17.8. The van der Waals surface area contributed by atoms with E-state index >= 15 is 0 Å². The Morgan fingerprint density at radius 1 is 1.07 bits per heavy atom. The van der Waals surface area contributed by atoms with Crippen LogP contribution in [0, 0.1) is 5.92 Å². The molecule has 154 valence electrons. The topological polar surface area (TPSA) is 55.8 Å². The van der Waals surface area contributed by atoms with Gasteiger partial charge in [-0.25, -0.2) is 0 Å². The van der Waals surface area contributed by atoms with Crippen molar-refractivity contribution in [3.63, 3.8) is 0 Å². The molecule has 0 aromatic heterocycles. The summed E-state index contributed by atoms with van der Waals surface area (Å²) in [4.78, 5) is 10.6. The molecule has 3 rings (SSSR count). The number of carbonyl (C=O) groups is 1. The van der Waals surface area contributed by atoms with Crippen LogP contribution in [0.5, 0.6) is 0 Å². The minimum atomic E-state index is -0.732. The van der Waals surface area contributed by atoms with Gasteiger partial charge in [0.2, 0.25) is 0 Å². The second-order valence-electron chi connectivity index (χ2n) is 7.26. The van der Waals surface area contributed by atoms with Gasteiger partial charge in [0.1, 0.15) is 0 Å². The van der Waals surface area contributed by atoms with Crippen molar-refractivity contribution in [3.05, 3.63) is 82.9 Å². The average molecular weight is 415 g/mol. The van der Waals surface area contributed by atoms with E-state index in [0.717, 1.165) is 30.4 Å². The Bertz CT molecular complexity index is 806. The van der Waals surface area contributed by atoms with Crippen molar-refractivity contribution in [2.24, 2.45) is 5.92 Å². The molecule has 2 aromatic carbocycles. The molecular weight excluding hydrogens is 388 g/mol. The fraction of sp³-hybridized carbons (Fsp3) is 0.375. The monoisotopic (exact) mass is 414 g/mol. The van der Waals surface area contributed by atoms with Gasteiger partial charge in [-0.05, 0) is 37.3 Å². The fourth-order valence-electron chi connectivity index (χ4n) is 3.52. The number of benzene rings is 2. The zero-order valence-corrected chi connectivity index (χ0v) is 17.1. The van der Waals surface area contributed by atoms with Gasteiger partial charge in [0.05, 0.1) is 12.7 Å². The molecule has 1 aliphatic heterocycles. The molecule has 0 radical (unpaired) electrons. The molecule has 3 unspecified atom stereocenters. The standard InChI is InChI=1S/C24H27ClO4/c25-21-15-10-9-14-20(21)24-28-17-19(13-5-2-1-3-8-16-22(26)27)23(29-24)18-11-6-4-7-12-18/h2,4-7,9-12,14-15,19,23-24H,1,3,8,13,16-17H2,(H,26,27)/b5-2-. The third-order valence-electron chi connectivity index (χ3n) is 5.06. The summed E-state index contributed by atoms with van der Waals surface area (Å²) in [5.41, 5.74) is 1.98. The van der Waals surface area contributed by atoms with Crippen LogP contribution in [0.1, 0.15) is 55.6 Å². The summed E-state index contributed by atoms with van der Waals surface area (Å²) in [5, 5.41) is 9.33. The fourth-order valence-corrected chi connectivity index (χ4v) is 3.75. The molecule has 29 heavy (non-hydrogen) atoms. The van der Waals surface area contributed by atoms with Crippen LogP contribution in [0.15, 0.2) is 66.7 Å². The predicted octanol–water partition coefficient (Wildman–Crippen LogP) is 6.33. The van der Waals surface area contributed by atoms with Gasteiger partial charge in [0.15, 0.2) is 6.29 Å². The molecular formula is C24H27ClO4. The van der Waals surface area contributed by atoms with Crippen molar-refractivity contribution in [1.29, 1.82) is 0 Å². The number of allylic oxidation sites excluding steroid dienone is 2. The molecule has 5 heteroatoms. The molecule has 0 amide bonds. The maximum absolute atomic E-state index is 10.6. The number of hydrogen-bond donors (Lipinski definition) is 1. The highest BCUT2D eigenvalue weighted by Gasteiger charge is 2.33. The van der Waals surface area contributed by atoms with Crippen molar-refractivity contribution in [3.8, 4) is 0 Å². The minimum Gasteiger partial charge on any atom is -0.481 e. The van der Waals surface area contributed by atoms with E-state index in [4.69, 9.17) is 26.2 Å². The lowest BCUT2D eigenvalue weighted by Gasteiger charge is -2.37. The molecule has 1 N–H and O–H groups in total. The van der Waals surface area contributed by atoms with Crippen LogP contribution in [0.3, 0.4) is 0 Å². The first kappa shape index (κ1) is 21.6. The third kappa shape index (κ3) is 6.43. The Balaban J connectivity index is 1.62. The SMILES string of the molecule is O=C(O)CCCC/C=C\CC1COC(c2ccccc2Cl)OC1c1ccccc1. The first-order chi connectivity index (χ1) is 14.1. The van der Waals surface area contributed by atoms with Crippen LogP contribution in [0.2, 0.25) is 5.02 Å². The van der Waals surface area contributed by atoms with E-state index in [1.165, 1.54) is 0 Å². The van der Waals surface area contributed by atoms with E-state index in [1.807, 2.05) is 42.5 Å². The largest absolute Gasteiger partial charge is 0.481 e. The molecule has 1 aliphatic rings. The maximum Gasteiger partial charge on any atom is 0.303 e.